The van der Waals surface area contributed by atoms with Crippen molar-refractivity contribution in [2.75, 3.05) is 31.3 Å². The van der Waals surface area contributed by atoms with Gasteiger partial charge in [0.15, 0.2) is 28.9 Å². The number of hydrogen-bond acceptors (Lipinski definition) is 17. The summed E-state index contributed by atoms with van der Waals surface area (Å²) in [6, 6.07) is 0. The number of nitrogens with zero attached hydrogens (tertiary/aromatic N) is 7. The van der Waals surface area contributed by atoms with Gasteiger partial charge >= 0.3 is 15.6 Å². The summed E-state index contributed by atoms with van der Waals surface area (Å²) in [4.78, 5) is 57.1. The van der Waals surface area contributed by atoms with E-state index in [-0.39, 0.29) is 29.5 Å². The van der Waals surface area contributed by atoms with Crippen LogP contribution in [-0.4, -0.2) is 99.2 Å². The summed E-state index contributed by atoms with van der Waals surface area (Å²) >= 11 is 0. The van der Waals surface area contributed by atoms with Crippen molar-refractivity contribution >= 4 is 49.7 Å². The van der Waals surface area contributed by atoms with Gasteiger partial charge in [0.2, 0.25) is 5.95 Å². The van der Waals surface area contributed by atoms with Gasteiger partial charge in [0, 0.05) is 12.5 Å². The molecule has 3 fully saturated rings. The van der Waals surface area contributed by atoms with Gasteiger partial charge in [-0.25, -0.2) is 29.1 Å². The van der Waals surface area contributed by atoms with Crippen LogP contribution in [-0.2, 0) is 41.4 Å². The lowest BCUT2D eigenvalue weighted by Gasteiger charge is -2.26. The minimum absolute atomic E-state index is 0.0334. The Morgan fingerprint density at radius 3 is 2.30 bits per heavy atom. The fourth-order valence-corrected chi connectivity index (χ4v) is 7.92. The molecule has 4 unspecified atom stereocenters. The van der Waals surface area contributed by atoms with Crippen molar-refractivity contribution < 1.29 is 51.2 Å². The molecule has 0 saturated carbocycles. The number of nitrogens with two attached hydrogens (primary N) is 2. The van der Waals surface area contributed by atoms with Gasteiger partial charge in [0.05, 0.1) is 25.9 Å². The van der Waals surface area contributed by atoms with Crippen molar-refractivity contribution in [3.8, 4) is 0 Å². The van der Waals surface area contributed by atoms with E-state index < -0.39 is 83.3 Å². The largest absolute Gasteiger partial charge is 0.472 e. The predicted octanol–water partition coefficient (Wildman–Crippen LogP) is -0.0221. The molecule has 7 N–H and O–H groups in total. The zero-order chi connectivity index (χ0) is 33.2. The number of nitrogens with one attached hydrogen (secondary N) is 1. The fraction of sp³-hybridized carbons (Fsp3) is 0.565. The highest BCUT2D eigenvalue weighted by Crippen LogP contribution is 2.55. The lowest BCUT2D eigenvalue weighted by Crippen LogP contribution is -2.38. The Labute approximate surface area is 263 Å². The quantitative estimate of drug-likeness (QED) is 0.175. The first-order valence-electron chi connectivity index (χ1n) is 14.2. The number of anilines is 2. The third kappa shape index (κ3) is 5.85. The second-order valence-electron chi connectivity index (χ2n) is 10.9. The molecule has 0 aromatic carbocycles. The molecule has 0 amide bonds. The SMILES string of the molecule is CCO[C@@H]1C2OP(=O)(O)OC[C@H]3O[C@@H](n4cnc5c(N)ncnc54)[C@@H](C)C3OP(=O)(O)OC[C@H]1O[C@H]2n1cnc2c(=O)[nH]c(N)nc21. The Kier molecular flexibility index (Phi) is 8.17. The van der Waals surface area contributed by atoms with E-state index in [2.05, 4.69) is 29.9 Å². The Morgan fingerprint density at radius 2 is 1.57 bits per heavy atom. The van der Waals surface area contributed by atoms with Crippen LogP contribution in [0.15, 0.2) is 23.8 Å². The van der Waals surface area contributed by atoms with Crippen LogP contribution in [0.4, 0.5) is 11.8 Å². The maximum Gasteiger partial charge on any atom is 0.472 e. The molecular formula is C23H30N10O12P2. The van der Waals surface area contributed by atoms with Gasteiger partial charge in [-0.05, 0) is 6.92 Å². The second kappa shape index (κ2) is 11.9. The first-order valence-corrected chi connectivity index (χ1v) is 17.2. The normalized spacial score (nSPS) is 36.6. The van der Waals surface area contributed by atoms with Gasteiger partial charge in [-0.15, -0.1) is 0 Å². The summed E-state index contributed by atoms with van der Waals surface area (Å²) in [5.41, 5.74) is 11.5. The molecule has 3 aliphatic heterocycles. The van der Waals surface area contributed by atoms with Crippen LogP contribution in [0.3, 0.4) is 0 Å². The highest BCUT2D eigenvalue weighted by molar-refractivity contribution is 7.47. The first kappa shape index (κ1) is 32.2. The monoisotopic (exact) mass is 700 g/mol. The molecule has 7 rings (SSSR count). The first-order chi connectivity index (χ1) is 22.4. The Morgan fingerprint density at radius 1 is 0.936 bits per heavy atom. The molecule has 4 aromatic rings. The molecule has 0 spiro atoms. The number of aromatic nitrogens is 8. The summed E-state index contributed by atoms with van der Waals surface area (Å²) in [5, 5.41) is 0. The standard InChI is InChI=1S/C23H30N10O12P2/c1-3-39-15-11-5-41-46(35,36)44-14-9(2)21(32-7-28-12-17(24)26-6-27-18(12)32)42-10(14)4-40-47(37,38)45-16(15)22(43-11)33-8-29-13-19(33)30-23(25)31-20(13)34/h6-11,14-16,21-22H,3-5H2,1-2H3,(H,35,36)(H,37,38)(H2,24,26,27)(H3,25,30,31,34)/t9-,10+,11+,14?,15-,16?,21+,22+/m0/s1. The number of ether oxygens (including phenoxy) is 3. The van der Waals surface area contributed by atoms with Crippen molar-refractivity contribution in [2.24, 2.45) is 5.92 Å². The van der Waals surface area contributed by atoms with Crippen LogP contribution in [0.25, 0.3) is 22.3 Å². The topological polar surface area (TPSA) is 298 Å². The molecule has 24 heteroatoms. The Hall–Kier alpha value is -3.40. The molecule has 3 saturated heterocycles. The summed E-state index contributed by atoms with van der Waals surface area (Å²) in [6.07, 6.45) is -4.52. The third-order valence-electron chi connectivity index (χ3n) is 7.99. The Bertz CT molecular complexity index is 1970. The maximum atomic E-state index is 13.5. The number of phosphoric acid groups is 2. The molecule has 10 atom stereocenters. The summed E-state index contributed by atoms with van der Waals surface area (Å²) < 4.78 is 69.8. The average Bonchev–Trinajstić information content (AvgIpc) is 3.76. The highest BCUT2D eigenvalue weighted by atomic mass is 31.2. The lowest BCUT2D eigenvalue weighted by atomic mass is 10.0. The number of aromatic amines is 1. The van der Waals surface area contributed by atoms with Gasteiger partial charge in [0.25, 0.3) is 5.56 Å². The summed E-state index contributed by atoms with van der Waals surface area (Å²) in [6.45, 7) is 2.17. The summed E-state index contributed by atoms with van der Waals surface area (Å²) in [5.74, 6) is -0.782. The number of hydrogen-bond donors (Lipinski definition) is 5. The Balaban J connectivity index is 1.23. The number of phosphoric ester groups is 2. The van der Waals surface area contributed by atoms with Crippen molar-refractivity contribution in [3.05, 3.63) is 29.3 Å². The van der Waals surface area contributed by atoms with E-state index in [1.54, 1.807) is 13.8 Å². The van der Waals surface area contributed by atoms with E-state index in [1.807, 2.05) is 0 Å². The molecule has 22 nitrogen and oxygen atoms in total. The zero-order valence-corrected chi connectivity index (χ0v) is 26.4. The molecule has 0 radical (unpaired) electrons. The highest BCUT2D eigenvalue weighted by Gasteiger charge is 2.54. The van der Waals surface area contributed by atoms with Crippen molar-refractivity contribution in [1.82, 2.24) is 39.0 Å². The second-order valence-corrected chi connectivity index (χ2v) is 13.7. The van der Waals surface area contributed by atoms with Gasteiger partial charge < -0.3 is 35.5 Å². The fourth-order valence-electron chi connectivity index (χ4n) is 5.96. The zero-order valence-electron chi connectivity index (χ0n) is 24.6. The summed E-state index contributed by atoms with van der Waals surface area (Å²) in [7, 11) is -9.84. The van der Waals surface area contributed by atoms with Crippen molar-refractivity contribution in [2.45, 2.75) is 56.8 Å². The number of fused-ring (bicyclic) bond motifs is 5. The van der Waals surface area contributed by atoms with E-state index in [4.69, 9.17) is 43.8 Å². The molecule has 2 bridgehead atoms. The number of rotatable bonds is 4. The van der Waals surface area contributed by atoms with E-state index in [0.29, 0.717) is 11.2 Å². The number of nitrogen functional groups attached to an aromatic ring is 2. The smallest absolute Gasteiger partial charge is 0.382 e. The van der Waals surface area contributed by atoms with Gasteiger partial charge in [-0.1, -0.05) is 6.92 Å². The molecule has 4 aromatic heterocycles. The molecular weight excluding hydrogens is 670 g/mol. The molecule has 7 heterocycles. The predicted molar refractivity (Wildman–Crippen MR) is 156 cm³/mol. The third-order valence-corrected chi connectivity index (χ3v) is 9.96. The van der Waals surface area contributed by atoms with Crippen LogP contribution in [0, 0.1) is 5.92 Å². The van der Waals surface area contributed by atoms with Crippen molar-refractivity contribution in [1.29, 1.82) is 0 Å². The van der Waals surface area contributed by atoms with E-state index in [0.717, 1.165) is 0 Å². The average molecular weight is 700 g/mol. The molecule has 47 heavy (non-hydrogen) atoms. The van der Waals surface area contributed by atoms with Crippen LogP contribution >= 0.6 is 15.6 Å². The van der Waals surface area contributed by atoms with Gasteiger partial charge in [0.1, 0.15) is 48.6 Å². The van der Waals surface area contributed by atoms with E-state index in [9.17, 15) is 23.7 Å². The van der Waals surface area contributed by atoms with E-state index >= 15 is 0 Å². The minimum Gasteiger partial charge on any atom is -0.382 e. The van der Waals surface area contributed by atoms with Crippen LogP contribution in [0.5, 0.6) is 0 Å². The van der Waals surface area contributed by atoms with Crippen LogP contribution < -0.4 is 17.0 Å². The number of H-pyrrole nitrogens is 1. The molecule has 3 aliphatic rings. The maximum absolute atomic E-state index is 13.5. The van der Waals surface area contributed by atoms with Gasteiger partial charge in [-0.2, -0.15) is 4.98 Å². The van der Waals surface area contributed by atoms with Crippen molar-refractivity contribution in [3.63, 3.8) is 0 Å². The molecule has 254 valence electrons. The number of imidazole rings is 2. The van der Waals surface area contributed by atoms with Gasteiger partial charge in [-0.3, -0.25) is 37.0 Å². The lowest BCUT2D eigenvalue weighted by molar-refractivity contribution is -0.0677. The van der Waals surface area contributed by atoms with Crippen LogP contribution in [0.1, 0.15) is 26.3 Å². The van der Waals surface area contributed by atoms with E-state index in [1.165, 1.54) is 28.1 Å². The van der Waals surface area contributed by atoms with Crippen LogP contribution in [0.2, 0.25) is 0 Å². The molecule has 0 aliphatic carbocycles. The minimum atomic E-state index is -4.98.